The SMILES string of the molecule is Cc1sc2ncn(CC(=O)NCC(=O)Nc3cccc(Cl)c3)c(=O)c2c1C. The Bertz CT molecular complexity index is 1090. The summed E-state index contributed by atoms with van der Waals surface area (Å²) in [5, 5.41) is 6.15. The van der Waals surface area contributed by atoms with Gasteiger partial charge in [0, 0.05) is 15.6 Å². The van der Waals surface area contributed by atoms with E-state index >= 15 is 0 Å². The van der Waals surface area contributed by atoms with Crippen LogP contribution in [0.1, 0.15) is 10.4 Å². The number of carbonyl (C=O) groups excluding carboxylic acids is 2. The summed E-state index contributed by atoms with van der Waals surface area (Å²) in [5.41, 5.74) is 1.15. The number of anilines is 1. The number of nitrogens with zero attached hydrogens (tertiary/aromatic N) is 2. The van der Waals surface area contributed by atoms with Crippen molar-refractivity contribution in [1.29, 1.82) is 0 Å². The quantitative estimate of drug-likeness (QED) is 0.683. The van der Waals surface area contributed by atoms with E-state index in [1.807, 2.05) is 13.8 Å². The van der Waals surface area contributed by atoms with Gasteiger partial charge in [-0.2, -0.15) is 0 Å². The number of halogens is 1. The summed E-state index contributed by atoms with van der Waals surface area (Å²) in [6.45, 7) is 3.37. The molecule has 3 rings (SSSR count). The molecule has 3 aromatic rings. The first-order chi connectivity index (χ1) is 12.8. The number of amides is 2. The van der Waals surface area contributed by atoms with Crippen molar-refractivity contribution < 1.29 is 9.59 Å². The van der Waals surface area contributed by atoms with Crippen LogP contribution in [-0.2, 0) is 16.1 Å². The first-order valence-electron chi connectivity index (χ1n) is 8.12. The second kappa shape index (κ2) is 7.89. The predicted molar refractivity (Wildman–Crippen MR) is 106 cm³/mol. The Balaban J connectivity index is 1.62. The normalized spacial score (nSPS) is 10.8. The number of hydrogen-bond acceptors (Lipinski definition) is 5. The van der Waals surface area contributed by atoms with Crippen LogP contribution in [0.5, 0.6) is 0 Å². The van der Waals surface area contributed by atoms with Crippen molar-refractivity contribution in [1.82, 2.24) is 14.9 Å². The number of fused-ring (bicyclic) bond motifs is 1. The Morgan fingerprint density at radius 2 is 2.04 bits per heavy atom. The van der Waals surface area contributed by atoms with Gasteiger partial charge in [0.15, 0.2) is 0 Å². The van der Waals surface area contributed by atoms with E-state index < -0.39 is 11.8 Å². The molecular weight excluding hydrogens is 388 g/mol. The van der Waals surface area contributed by atoms with Gasteiger partial charge in [-0.1, -0.05) is 17.7 Å². The Hall–Kier alpha value is -2.71. The lowest BCUT2D eigenvalue weighted by Crippen LogP contribution is -2.37. The molecule has 2 aromatic heterocycles. The Kier molecular flexibility index (Phi) is 5.57. The molecule has 0 atom stereocenters. The maximum atomic E-state index is 12.6. The molecule has 0 aliphatic heterocycles. The van der Waals surface area contributed by atoms with Crippen molar-refractivity contribution >= 4 is 50.7 Å². The van der Waals surface area contributed by atoms with Crippen molar-refractivity contribution in [3.05, 3.63) is 56.4 Å². The molecule has 2 N–H and O–H groups in total. The second-order valence-electron chi connectivity index (χ2n) is 5.98. The van der Waals surface area contributed by atoms with Crippen LogP contribution >= 0.6 is 22.9 Å². The summed E-state index contributed by atoms with van der Waals surface area (Å²) in [6.07, 6.45) is 1.35. The van der Waals surface area contributed by atoms with Gasteiger partial charge in [-0.05, 0) is 37.6 Å². The number of rotatable bonds is 5. The van der Waals surface area contributed by atoms with Gasteiger partial charge in [-0.25, -0.2) is 4.98 Å². The van der Waals surface area contributed by atoms with E-state index in [-0.39, 0.29) is 18.6 Å². The van der Waals surface area contributed by atoms with Crippen LogP contribution in [0.4, 0.5) is 5.69 Å². The summed E-state index contributed by atoms with van der Waals surface area (Å²) in [6, 6.07) is 6.70. The van der Waals surface area contributed by atoms with E-state index in [9.17, 15) is 14.4 Å². The van der Waals surface area contributed by atoms with Crippen molar-refractivity contribution in [2.24, 2.45) is 0 Å². The largest absolute Gasteiger partial charge is 0.345 e. The third kappa shape index (κ3) is 4.35. The minimum Gasteiger partial charge on any atom is -0.345 e. The van der Waals surface area contributed by atoms with Crippen molar-refractivity contribution in [3.63, 3.8) is 0 Å². The third-order valence-corrected chi connectivity index (χ3v) is 5.37. The molecule has 0 fully saturated rings. The molecule has 7 nitrogen and oxygen atoms in total. The van der Waals surface area contributed by atoms with Crippen LogP contribution in [-0.4, -0.2) is 27.9 Å². The number of benzene rings is 1. The second-order valence-corrected chi connectivity index (χ2v) is 7.62. The molecule has 0 saturated carbocycles. The van der Waals surface area contributed by atoms with Crippen LogP contribution in [0.3, 0.4) is 0 Å². The van der Waals surface area contributed by atoms with Crippen molar-refractivity contribution in [2.75, 3.05) is 11.9 Å². The fourth-order valence-electron chi connectivity index (χ4n) is 2.54. The minimum absolute atomic E-state index is 0.208. The zero-order valence-electron chi connectivity index (χ0n) is 14.7. The van der Waals surface area contributed by atoms with Gasteiger partial charge in [0.1, 0.15) is 11.4 Å². The van der Waals surface area contributed by atoms with Crippen LogP contribution in [0, 0.1) is 13.8 Å². The highest BCUT2D eigenvalue weighted by Gasteiger charge is 2.14. The van der Waals surface area contributed by atoms with Gasteiger partial charge in [0.25, 0.3) is 5.56 Å². The zero-order valence-corrected chi connectivity index (χ0v) is 16.3. The first kappa shape index (κ1) is 19.1. The summed E-state index contributed by atoms with van der Waals surface area (Å²) in [5.74, 6) is -0.847. The molecule has 2 amide bonds. The summed E-state index contributed by atoms with van der Waals surface area (Å²) < 4.78 is 1.24. The highest BCUT2D eigenvalue weighted by molar-refractivity contribution is 7.18. The molecule has 2 heterocycles. The smallest absolute Gasteiger partial charge is 0.262 e. The molecule has 0 unspecified atom stereocenters. The standard InChI is InChI=1S/C18H17ClN4O3S/c1-10-11(2)27-17-16(10)18(26)23(9-21-17)8-15(25)20-7-14(24)22-13-5-3-4-12(19)6-13/h3-6,9H,7-8H2,1-2H3,(H,20,25)(H,22,24). The fraction of sp³-hybridized carbons (Fsp3) is 0.222. The van der Waals surface area contributed by atoms with Crippen LogP contribution in [0.2, 0.25) is 5.02 Å². The predicted octanol–water partition coefficient (Wildman–Crippen LogP) is 2.48. The number of aromatic nitrogens is 2. The number of hydrogen-bond donors (Lipinski definition) is 2. The minimum atomic E-state index is -0.455. The van der Waals surface area contributed by atoms with Gasteiger partial charge in [-0.3, -0.25) is 19.0 Å². The highest BCUT2D eigenvalue weighted by Crippen LogP contribution is 2.25. The summed E-state index contributed by atoms with van der Waals surface area (Å²) in [4.78, 5) is 42.5. The van der Waals surface area contributed by atoms with E-state index in [2.05, 4.69) is 15.6 Å². The molecule has 0 bridgehead atoms. The topological polar surface area (TPSA) is 93.1 Å². The molecule has 140 valence electrons. The summed E-state index contributed by atoms with van der Waals surface area (Å²) >= 11 is 7.31. The Morgan fingerprint density at radius 3 is 2.78 bits per heavy atom. The maximum Gasteiger partial charge on any atom is 0.262 e. The van der Waals surface area contributed by atoms with Gasteiger partial charge >= 0.3 is 0 Å². The van der Waals surface area contributed by atoms with E-state index in [1.165, 1.54) is 22.2 Å². The number of aryl methyl sites for hydroxylation is 2. The van der Waals surface area contributed by atoms with Crippen molar-refractivity contribution in [3.8, 4) is 0 Å². The van der Waals surface area contributed by atoms with E-state index in [4.69, 9.17) is 11.6 Å². The van der Waals surface area contributed by atoms with Crippen molar-refractivity contribution in [2.45, 2.75) is 20.4 Å². The average molecular weight is 405 g/mol. The average Bonchev–Trinajstić information content (AvgIpc) is 2.91. The van der Waals surface area contributed by atoms with Crippen LogP contribution < -0.4 is 16.2 Å². The lowest BCUT2D eigenvalue weighted by Gasteiger charge is -2.08. The monoisotopic (exact) mass is 404 g/mol. The number of thiophene rings is 1. The molecule has 0 aliphatic rings. The lowest BCUT2D eigenvalue weighted by atomic mass is 10.2. The molecule has 27 heavy (non-hydrogen) atoms. The molecular formula is C18H17ClN4O3S. The molecule has 0 saturated heterocycles. The van der Waals surface area contributed by atoms with Crippen LogP contribution in [0.25, 0.3) is 10.2 Å². The number of nitrogens with one attached hydrogen (secondary N) is 2. The fourth-order valence-corrected chi connectivity index (χ4v) is 3.72. The molecule has 0 aliphatic carbocycles. The Morgan fingerprint density at radius 1 is 1.26 bits per heavy atom. The van der Waals surface area contributed by atoms with Gasteiger partial charge < -0.3 is 10.6 Å². The lowest BCUT2D eigenvalue weighted by molar-refractivity contribution is -0.124. The molecule has 1 aromatic carbocycles. The van der Waals surface area contributed by atoms with Gasteiger partial charge in [0.05, 0.1) is 18.3 Å². The van der Waals surface area contributed by atoms with E-state index in [0.29, 0.717) is 20.9 Å². The highest BCUT2D eigenvalue weighted by atomic mass is 35.5. The Labute approximate surface area is 164 Å². The van der Waals surface area contributed by atoms with Crippen LogP contribution in [0.15, 0.2) is 35.4 Å². The summed E-state index contributed by atoms with van der Waals surface area (Å²) in [7, 11) is 0. The number of carbonyl (C=O) groups is 2. The zero-order chi connectivity index (χ0) is 19.6. The third-order valence-electron chi connectivity index (χ3n) is 4.02. The van der Waals surface area contributed by atoms with Gasteiger partial charge in [0.2, 0.25) is 11.8 Å². The molecule has 0 radical (unpaired) electrons. The maximum absolute atomic E-state index is 12.6. The molecule has 9 heteroatoms. The van der Waals surface area contributed by atoms with Gasteiger partial charge in [-0.15, -0.1) is 11.3 Å². The van der Waals surface area contributed by atoms with E-state index in [0.717, 1.165) is 10.4 Å². The van der Waals surface area contributed by atoms with E-state index in [1.54, 1.807) is 24.3 Å². The first-order valence-corrected chi connectivity index (χ1v) is 9.32. The molecule has 0 spiro atoms.